The molecule has 0 saturated heterocycles. The molecule has 2 rings (SSSR count). The molecule has 0 amide bonds. The molecule has 146 valence electrons. The molecule has 0 aliphatic rings. The van der Waals surface area contributed by atoms with E-state index in [4.69, 9.17) is 4.74 Å². The summed E-state index contributed by atoms with van der Waals surface area (Å²) in [5, 5.41) is 17.0. The van der Waals surface area contributed by atoms with Gasteiger partial charge in [0.15, 0.2) is 17.5 Å². The van der Waals surface area contributed by atoms with Crippen LogP contribution in [0.25, 0.3) is 0 Å². The predicted molar refractivity (Wildman–Crippen MR) is 106 cm³/mol. The minimum Gasteiger partial charge on any atom is -0.486 e. The molecule has 0 fully saturated rings. The number of rotatable bonds is 8. The van der Waals surface area contributed by atoms with E-state index in [0.717, 1.165) is 5.56 Å². The van der Waals surface area contributed by atoms with Gasteiger partial charge in [-0.15, -0.1) is 0 Å². The van der Waals surface area contributed by atoms with Crippen molar-refractivity contribution in [3.05, 3.63) is 66.0 Å². The maximum atomic E-state index is 13.7. The molecule has 5 nitrogen and oxygen atoms in total. The van der Waals surface area contributed by atoms with Crippen molar-refractivity contribution in [1.82, 2.24) is 10.6 Å². The number of ether oxygens (including phenoxy) is 1. The molecule has 0 bridgehead atoms. The summed E-state index contributed by atoms with van der Waals surface area (Å²) in [6.45, 7) is 6.87. The summed E-state index contributed by atoms with van der Waals surface area (Å²) in [5.74, 6) is 0.405. The van der Waals surface area contributed by atoms with E-state index < -0.39 is 5.60 Å². The molecular weight excluding hydrogens is 345 g/mol. The summed E-state index contributed by atoms with van der Waals surface area (Å²) in [6.07, 6.45) is -0.264. The summed E-state index contributed by atoms with van der Waals surface area (Å²) in [7, 11) is 0. The van der Waals surface area contributed by atoms with Crippen LogP contribution in [0.3, 0.4) is 0 Å². The third-order valence-corrected chi connectivity index (χ3v) is 4.01. The average molecular weight is 373 g/mol. The maximum absolute atomic E-state index is 13.7. The highest BCUT2D eigenvalue weighted by molar-refractivity contribution is 5.79. The lowest BCUT2D eigenvalue weighted by Crippen LogP contribution is -2.42. The Bertz CT molecular complexity index is 735. The first-order valence-electron chi connectivity index (χ1n) is 9.13. The Hall–Kier alpha value is -2.60. The second-order valence-corrected chi connectivity index (χ2v) is 6.57. The van der Waals surface area contributed by atoms with E-state index >= 15 is 0 Å². The molecule has 0 aliphatic carbocycles. The number of para-hydroxylation sites is 1. The smallest absolute Gasteiger partial charge is 0.191 e. The monoisotopic (exact) mass is 373 g/mol. The molecule has 0 aliphatic heterocycles. The quantitative estimate of drug-likeness (QED) is 0.492. The van der Waals surface area contributed by atoms with Gasteiger partial charge in [-0.05, 0) is 38.5 Å². The van der Waals surface area contributed by atoms with Crippen LogP contribution in [0.1, 0.15) is 26.3 Å². The van der Waals surface area contributed by atoms with Gasteiger partial charge in [0.25, 0.3) is 0 Å². The molecule has 2 aromatic rings. The number of aliphatic imine (C=N–C) groups is 1. The van der Waals surface area contributed by atoms with Crippen molar-refractivity contribution in [2.45, 2.75) is 32.5 Å². The van der Waals surface area contributed by atoms with Gasteiger partial charge >= 0.3 is 0 Å². The van der Waals surface area contributed by atoms with Gasteiger partial charge in [0.2, 0.25) is 0 Å². The normalized spacial score (nSPS) is 14.9. The number of benzene rings is 2. The van der Waals surface area contributed by atoms with E-state index in [0.29, 0.717) is 19.0 Å². The van der Waals surface area contributed by atoms with Crippen molar-refractivity contribution in [3.8, 4) is 5.75 Å². The predicted octanol–water partition coefficient (Wildman–Crippen LogP) is 3.06. The van der Waals surface area contributed by atoms with Crippen LogP contribution in [0.15, 0.2) is 59.6 Å². The molecule has 0 saturated carbocycles. The Morgan fingerprint density at radius 2 is 1.81 bits per heavy atom. The largest absolute Gasteiger partial charge is 0.486 e. The molecule has 0 radical (unpaired) electrons. The van der Waals surface area contributed by atoms with Crippen molar-refractivity contribution in [2.75, 3.05) is 19.6 Å². The van der Waals surface area contributed by atoms with E-state index in [-0.39, 0.29) is 24.2 Å². The molecular formula is C21H28FN3O2. The van der Waals surface area contributed by atoms with Gasteiger partial charge in [0, 0.05) is 6.54 Å². The third kappa shape index (κ3) is 6.57. The molecule has 2 unspecified atom stereocenters. The standard InChI is InChI=1S/C21H28FN3O2/c1-4-23-20(25-15-21(3,26)17-10-6-5-7-11-17)24-14-16(2)27-19-13-9-8-12-18(19)22/h5-13,16,26H,4,14-15H2,1-3H3,(H2,23,24,25). The number of aliphatic hydroxyl groups is 1. The third-order valence-electron chi connectivity index (χ3n) is 4.01. The summed E-state index contributed by atoms with van der Waals surface area (Å²) in [5.41, 5.74) is -0.264. The van der Waals surface area contributed by atoms with Crippen molar-refractivity contribution in [1.29, 1.82) is 0 Å². The topological polar surface area (TPSA) is 65.9 Å². The first-order chi connectivity index (χ1) is 12.9. The Morgan fingerprint density at radius 3 is 2.48 bits per heavy atom. The minimum atomic E-state index is -1.07. The molecule has 0 spiro atoms. The fourth-order valence-corrected chi connectivity index (χ4v) is 2.50. The molecule has 27 heavy (non-hydrogen) atoms. The van der Waals surface area contributed by atoms with Gasteiger partial charge in [0.05, 0.1) is 13.1 Å². The second-order valence-electron chi connectivity index (χ2n) is 6.57. The SMILES string of the molecule is CCNC(=NCC(C)(O)c1ccccc1)NCC(C)Oc1ccccc1F. The highest BCUT2D eigenvalue weighted by Crippen LogP contribution is 2.20. The number of hydrogen-bond acceptors (Lipinski definition) is 3. The molecule has 2 aromatic carbocycles. The van der Waals surface area contributed by atoms with Gasteiger partial charge in [-0.2, -0.15) is 0 Å². The van der Waals surface area contributed by atoms with E-state index in [2.05, 4.69) is 15.6 Å². The Labute approximate surface area is 160 Å². The first kappa shape index (κ1) is 20.7. The fourth-order valence-electron chi connectivity index (χ4n) is 2.50. The summed E-state index contributed by atoms with van der Waals surface area (Å²) >= 11 is 0. The highest BCUT2D eigenvalue weighted by atomic mass is 19.1. The van der Waals surface area contributed by atoms with Crippen LogP contribution in [0, 0.1) is 5.82 Å². The molecule has 2 atom stereocenters. The van der Waals surface area contributed by atoms with Crippen LogP contribution in [-0.2, 0) is 5.60 Å². The van der Waals surface area contributed by atoms with Crippen molar-refractivity contribution >= 4 is 5.96 Å². The zero-order chi connectivity index (χ0) is 19.7. The van der Waals surface area contributed by atoms with E-state index in [1.54, 1.807) is 25.1 Å². The number of hydrogen-bond donors (Lipinski definition) is 3. The van der Waals surface area contributed by atoms with Crippen molar-refractivity contribution in [3.63, 3.8) is 0 Å². The number of nitrogens with zero attached hydrogens (tertiary/aromatic N) is 1. The van der Waals surface area contributed by atoms with Crippen LogP contribution in [0.4, 0.5) is 4.39 Å². The zero-order valence-electron chi connectivity index (χ0n) is 16.1. The van der Waals surface area contributed by atoms with Gasteiger partial charge in [-0.25, -0.2) is 9.38 Å². The van der Waals surface area contributed by atoms with Gasteiger partial charge in [-0.1, -0.05) is 42.5 Å². The lowest BCUT2D eigenvalue weighted by Gasteiger charge is -2.23. The Kier molecular flexibility index (Phi) is 7.61. The zero-order valence-corrected chi connectivity index (χ0v) is 16.1. The van der Waals surface area contributed by atoms with Crippen LogP contribution >= 0.6 is 0 Å². The van der Waals surface area contributed by atoms with Crippen LogP contribution < -0.4 is 15.4 Å². The van der Waals surface area contributed by atoms with E-state index in [9.17, 15) is 9.50 Å². The van der Waals surface area contributed by atoms with Gasteiger partial charge < -0.3 is 20.5 Å². The Morgan fingerprint density at radius 1 is 1.15 bits per heavy atom. The summed E-state index contributed by atoms with van der Waals surface area (Å²) < 4.78 is 19.3. The first-order valence-corrected chi connectivity index (χ1v) is 9.13. The van der Waals surface area contributed by atoms with Gasteiger partial charge in [-0.3, -0.25) is 0 Å². The molecule has 3 N–H and O–H groups in total. The lowest BCUT2D eigenvalue weighted by atomic mass is 9.96. The van der Waals surface area contributed by atoms with Crippen molar-refractivity contribution in [2.24, 2.45) is 4.99 Å². The van der Waals surface area contributed by atoms with Crippen molar-refractivity contribution < 1.29 is 14.2 Å². The number of guanidine groups is 1. The minimum absolute atomic E-state index is 0.203. The second kappa shape index (κ2) is 9.92. The number of nitrogens with one attached hydrogen (secondary N) is 2. The van der Waals surface area contributed by atoms with Crippen LogP contribution in [0.5, 0.6) is 5.75 Å². The van der Waals surface area contributed by atoms with Crippen LogP contribution in [-0.4, -0.2) is 36.8 Å². The van der Waals surface area contributed by atoms with E-state index in [1.165, 1.54) is 6.07 Å². The van der Waals surface area contributed by atoms with Crippen LogP contribution in [0.2, 0.25) is 0 Å². The maximum Gasteiger partial charge on any atom is 0.191 e. The summed E-state index contributed by atoms with van der Waals surface area (Å²) in [4.78, 5) is 4.47. The Balaban J connectivity index is 1.94. The molecule has 0 heterocycles. The highest BCUT2D eigenvalue weighted by Gasteiger charge is 2.22. The molecule has 0 aromatic heterocycles. The summed E-state index contributed by atoms with van der Waals surface area (Å²) in [6, 6.07) is 15.8. The average Bonchev–Trinajstić information content (AvgIpc) is 2.66. The molecule has 6 heteroatoms. The van der Waals surface area contributed by atoms with E-state index in [1.807, 2.05) is 44.2 Å². The number of halogens is 1. The fraction of sp³-hybridized carbons (Fsp3) is 0.381. The van der Waals surface area contributed by atoms with Gasteiger partial charge in [0.1, 0.15) is 11.7 Å². The lowest BCUT2D eigenvalue weighted by molar-refractivity contribution is 0.0672.